The minimum Gasteiger partial charge on any atom is -0.497 e. The van der Waals surface area contributed by atoms with Gasteiger partial charge in [-0.15, -0.1) is 45.3 Å². The number of aliphatic hydroxyl groups excluding tert-OH is 4. The second-order valence-electron chi connectivity index (χ2n) is 38.8. The molecule has 21 nitrogen and oxygen atoms in total. The van der Waals surface area contributed by atoms with Crippen LogP contribution in [0, 0.1) is 0 Å². The average Bonchev–Trinajstić information content (AvgIpc) is 1.78. The maximum absolute atomic E-state index is 12.4. The van der Waals surface area contributed by atoms with Gasteiger partial charge in [-0.3, -0.25) is 19.2 Å². The summed E-state index contributed by atoms with van der Waals surface area (Å²) in [4.78, 5) is 67.8. The van der Waals surface area contributed by atoms with E-state index in [2.05, 4.69) is 177 Å². The summed E-state index contributed by atoms with van der Waals surface area (Å²) in [7, 11) is 15.7. The van der Waals surface area contributed by atoms with Gasteiger partial charge in [-0.2, -0.15) is 0 Å². The number of hydrogen-bond acceptors (Lipinski definition) is 21. The summed E-state index contributed by atoms with van der Waals surface area (Å²) in [5.41, 5.74) is 5.70. The van der Waals surface area contributed by atoms with Gasteiger partial charge in [0.05, 0.1) is 26.6 Å². The number of methoxy groups -OCH3 is 1. The van der Waals surface area contributed by atoms with Gasteiger partial charge in [-0.25, -0.2) is 0 Å². The largest absolute Gasteiger partial charge is 0.497 e. The lowest BCUT2D eigenvalue weighted by atomic mass is 9.86. The van der Waals surface area contributed by atoms with Crippen LogP contribution in [-0.4, -0.2) is 276 Å². The fraction of sp³-hybridized carbons (Fsp3) is 0.350. The van der Waals surface area contributed by atoms with Crippen LogP contribution in [0.1, 0.15) is 136 Å². The minimum absolute atomic E-state index is 0.00993. The van der Waals surface area contributed by atoms with Crippen LogP contribution in [0.3, 0.4) is 0 Å². The van der Waals surface area contributed by atoms with Crippen LogP contribution in [-0.2, 0) is 0 Å². The number of rotatable bonds is 29. The van der Waals surface area contributed by atoms with E-state index in [-0.39, 0.29) is 50.1 Å². The number of piperidine rings is 4. The molecule has 16 aromatic rings. The lowest BCUT2D eigenvalue weighted by molar-refractivity contribution is 0.0598. The molecule has 4 fully saturated rings. The Labute approximate surface area is 848 Å². The zero-order valence-electron chi connectivity index (χ0n) is 82.6. The topological polar surface area (TPSA) is 221 Å². The Kier molecular flexibility index (Phi) is 34.0. The Hall–Kier alpha value is -11.9. The average molecular weight is 1980 g/mol. The Morgan fingerprint density at radius 3 is 0.866 bits per heavy atom. The maximum atomic E-state index is 12.4. The van der Waals surface area contributed by atoms with Crippen molar-refractivity contribution in [3.05, 3.63) is 303 Å². The molecule has 0 bridgehead atoms. The molecule has 4 amide bonds. The van der Waals surface area contributed by atoms with Gasteiger partial charge in [0.2, 0.25) is 0 Å². The molecule has 4 aromatic heterocycles. The zero-order chi connectivity index (χ0) is 99.0. The number of carbonyl (C=O) groups excluding carboxylic acids is 4. The summed E-state index contributed by atoms with van der Waals surface area (Å²) in [6.45, 7) is 11.1. The monoisotopic (exact) mass is 1980 g/mol. The second-order valence-corrected chi connectivity index (χ2v) is 43.1. The molecule has 0 radical (unpaired) electrons. The third-order valence-electron chi connectivity index (χ3n) is 27.8. The molecular formula is C117H130N8O13S4. The number of β-amino-alcohol motifs (C(OH)–C–C–N with tert-alkyl or cyclic N) is 4. The quantitative estimate of drug-likeness (QED) is 0.0342. The van der Waals surface area contributed by atoms with E-state index < -0.39 is 24.4 Å². The number of carbonyl (C=O) groups is 4. The normalized spacial score (nSPS) is 15.9. The van der Waals surface area contributed by atoms with Crippen molar-refractivity contribution in [3.63, 3.8) is 0 Å². The second kappa shape index (κ2) is 47.5. The molecule has 0 aliphatic carbocycles. The van der Waals surface area contributed by atoms with Crippen molar-refractivity contribution in [3.8, 4) is 28.7 Å². The van der Waals surface area contributed by atoms with E-state index in [1.54, 1.807) is 83.1 Å². The first-order valence-electron chi connectivity index (χ1n) is 49.5. The van der Waals surface area contributed by atoms with Gasteiger partial charge in [-0.1, -0.05) is 176 Å². The third-order valence-corrected chi connectivity index (χ3v) is 32.2. The maximum Gasteiger partial charge on any atom is 0.263 e. The van der Waals surface area contributed by atoms with Crippen LogP contribution < -0.4 is 23.7 Å². The number of likely N-dealkylation sites (tertiary alicyclic amines) is 4. The lowest BCUT2D eigenvalue weighted by Crippen LogP contribution is -2.40. The molecule has 12 aromatic carbocycles. The molecule has 4 saturated heterocycles. The van der Waals surface area contributed by atoms with E-state index in [0.717, 1.165) is 150 Å². The third kappa shape index (κ3) is 25.3. The molecule has 4 atom stereocenters. The number of aliphatic hydroxyl groups is 4. The highest BCUT2D eigenvalue weighted by Crippen LogP contribution is 2.42. The first-order valence-corrected chi connectivity index (χ1v) is 52.8. The molecule has 8 heterocycles. The summed E-state index contributed by atoms with van der Waals surface area (Å²) in [6, 6.07) is 89.7. The van der Waals surface area contributed by atoms with Crippen molar-refractivity contribution in [2.75, 3.05) is 168 Å². The van der Waals surface area contributed by atoms with E-state index in [9.17, 15) is 39.6 Å². The Morgan fingerprint density at radius 1 is 0.289 bits per heavy atom. The van der Waals surface area contributed by atoms with Crippen molar-refractivity contribution >= 4 is 152 Å². The van der Waals surface area contributed by atoms with Gasteiger partial charge < -0.3 is 83.3 Å². The molecule has 4 aliphatic rings. The SMILES string of the molecule is CN(C)C(=O)c1cc2c(OC[C@@H](O)CN3CCC(c4ccc5ccccc5c4)CC3)cccc2s1.CN(C)C(=O)c1cc2c(OC[C@@H](O)CN3CCC(c4cccc5ccccc45)CC3)cccc2s1.CN(C)C(=O)c1cc2c(OC[C@@H](O)CN3CCC(c4cccc5ccccc45)CC3)cccc2s1.COc1ccc2cc(C3CCN(C[C@H](O)COc4cccc5sc(C(=O)N(C)C)cc45)CC3)ccc2c1. The van der Waals surface area contributed by atoms with Crippen molar-refractivity contribution in [2.24, 2.45) is 0 Å². The predicted octanol–water partition coefficient (Wildman–Crippen LogP) is 21.5. The highest BCUT2D eigenvalue weighted by molar-refractivity contribution is 7.22. The van der Waals surface area contributed by atoms with Gasteiger partial charge in [0, 0.05) is 123 Å². The summed E-state index contributed by atoms with van der Waals surface area (Å²) < 4.78 is 33.5. The van der Waals surface area contributed by atoms with E-state index in [1.165, 1.54) is 111 Å². The van der Waals surface area contributed by atoms with Gasteiger partial charge in [0.25, 0.3) is 23.6 Å². The molecule has 4 N–H and O–H groups in total. The predicted molar refractivity (Wildman–Crippen MR) is 581 cm³/mol. The molecule has 0 unspecified atom stereocenters. The summed E-state index contributed by atoms with van der Waals surface area (Å²) in [5.74, 6) is 5.90. The lowest BCUT2D eigenvalue weighted by Gasteiger charge is -2.33. The minimum atomic E-state index is -0.580. The number of benzene rings is 12. The van der Waals surface area contributed by atoms with E-state index in [4.69, 9.17) is 23.7 Å². The fourth-order valence-corrected chi connectivity index (χ4v) is 24.5. The number of nitrogens with zero attached hydrogens (tertiary/aromatic N) is 8. The van der Waals surface area contributed by atoms with E-state index >= 15 is 0 Å². The Morgan fingerprint density at radius 2 is 0.549 bits per heavy atom. The smallest absolute Gasteiger partial charge is 0.263 e. The van der Waals surface area contributed by atoms with E-state index in [1.807, 2.05) is 103 Å². The van der Waals surface area contributed by atoms with Gasteiger partial charge in [0.15, 0.2) is 0 Å². The van der Waals surface area contributed by atoms with Gasteiger partial charge in [0.1, 0.15) is 79.6 Å². The summed E-state index contributed by atoms with van der Waals surface area (Å²) in [6.07, 6.45) is 6.45. The molecule has 25 heteroatoms. The molecule has 0 spiro atoms. The van der Waals surface area contributed by atoms with Crippen LogP contribution in [0.4, 0.5) is 0 Å². The summed E-state index contributed by atoms with van der Waals surface area (Å²) in [5, 5.41) is 56.8. The zero-order valence-corrected chi connectivity index (χ0v) is 85.9. The Bertz CT molecular complexity index is 6800. The van der Waals surface area contributed by atoms with Crippen LogP contribution in [0.5, 0.6) is 28.7 Å². The summed E-state index contributed by atoms with van der Waals surface area (Å²) >= 11 is 5.87. The van der Waals surface area contributed by atoms with Gasteiger partial charge in [-0.05, 0) is 278 Å². The fourth-order valence-electron chi connectivity index (χ4n) is 20.1. The van der Waals surface area contributed by atoms with Crippen molar-refractivity contribution in [2.45, 2.75) is 99.5 Å². The number of ether oxygens (including phenoxy) is 5. The van der Waals surface area contributed by atoms with E-state index in [0.29, 0.717) is 92.4 Å². The van der Waals surface area contributed by atoms with Crippen LogP contribution in [0.2, 0.25) is 0 Å². The van der Waals surface area contributed by atoms with Crippen LogP contribution in [0.25, 0.3) is 83.4 Å². The molecule has 740 valence electrons. The molecule has 0 saturated carbocycles. The first kappa shape index (κ1) is 102. The van der Waals surface area contributed by atoms with Crippen LogP contribution >= 0.6 is 45.3 Å². The number of thiophene rings is 4. The van der Waals surface area contributed by atoms with Crippen molar-refractivity contribution < 1.29 is 63.3 Å². The van der Waals surface area contributed by atoms with Crippen molar-refractivity contribution in [1.29, 1.82) is 0 Å². The number of fused-ring (bicyclic) bond motifs is 8. The highest BCUT2D eigenvalue weighted by atomic mass is 32.1. The van der Waals surface area contributed by atoms with Crippen molar-refractivity contribution in [1.82, 2.24) is 39.2 Å². The van der Waals surface area contributed by atoms with Gasteiger partial charge >= 0.3 is 0 Å². The molecule has 142 heavy (non-hydrogen) atoms. The molecule has 4 aliphatic heterocycles. The molecular weight excluding hydrogens is 1850 g/mol. The molecule has 20 rings (SSSR count). The first-order chi connectivity index (χ1) is 68.9. The van der Waals surface area contributed by atoms with Crippen LogP contribution in [0.15, 0.2) is 261 Å². The number of amides is 4. The number of hydrogen-bond donors (Lipinski definition) is 4. The Balaban J connectivity index is 0.000000130. The highest BCUT2D eigenvalue weighted by Gasteiger charge is 2.31. The standard InChI is InChI=1S/C30H34N2O4S.3C29H32N2O3S/c1-31(2)30(34)29-17-26-27(5-4-6-28(26)37-29)36-19-24(33)18-32-13-11-20(12-14-32)21-7-8-23-16-25(35-3)10-9-22(23)15-21;2*1-30(2)29(33)28-17-25-26(11-6-12-27(25)35-28)34-19-22(32)18-31-15-13-21(14-16-31)24-10-5-8-20-7-3-4-9-23(20)24;1-30(2)29(33)28-17-25-26(8-5-9-27(25)35-28)34-19-24(32)18-31-14-12-21(13-15-31)23-11-10-20-6-3-4-7-22(20)16-23/h4-10,15-17,20,24,33H,11-14,18-19H2,1-3H3;2*3-12,17,21-22,32H,13-16,18-19H2,1-2H3;3-11,16-17,21,24,32H,12-15,18-19H2,1-2H3/t24-;2*22-;24-/m0000/s1.